The Bertz CT molecular complexity index is 529. The van der Waals surface area contributed by atoms with Gasteiger partial charge in [0.2, 0.25) is 0 Å². The highest BCUT2D eigenvalue weighted by atomic mass is 16.4. The summed E-state index contributed by atoms with van der Waals surface area (Å²) in [5.74, 6) is 2.66. The van der Waals surface area contributed by atoms with Gasteiger partial charge in [0.05, 0.1) is 5.56 Å². The third-order valence-electron chi connectivity index (χ3n) is 5.05. The minimum absolute atomic E-state index is 0.263. The number of aromatic carboxylic acids is 1. The van der Waals surface area contributed by atoms with Gasteiger partial charge in [-0.1, -0.05) is 6.42 Å². The number of carbonyl (C=O) groups is 1. The van der Waals surface area contributed by atoms with Crippen molar-refractivity contribution in [1.82, 2.24) is 4.98 Å². The smallest absolute Gasteiger partial charge is 0.337 e. The van der Waals surface area contributed by atoms with Crippen molar-refractivity contribution >= 4 is 11.8 Å². The molecule has 0 spiro atoms. The molecule has 1 heterocycles. The summed E-state index contributed by atoms with van der Waals surface area (Å²) in [6.45, 7) is 2.98. The summed E-state index contributed by atoms with van der Waals surface area (Å²) in [5, 5.41) is 8.99. The molecule has 3 rings (SSSR count). The van der Waals surface area contributed by atoms with Crippen molar-refractivity contribution in [3.63, 3.8) is 0 Å². The molecule has 2 bridgehead atoms. The lowest BCUT2D eigenvalue weighted by Gasteiger charge is -2.28. The van der Waals surface area contributed by atoms with Crippen molar-refractivity contribution in [2.75, 3.05) is 18.5 Å². The van der Waals surface area contributed by atoms with Crippen LogP contribution < -0.4 is 4.90 Å². The summed E-state index contributed by atoms with van der Waals surface area (Å²) in [5.41, 5.74) is 1.20. The molecule has 0 radical (unpaired) electrons. The Morgan fingerprint density at radius 2 is 2.25 bits per heavy atom. The van der Waals surface area contributed by atoms with Crippen LogP contribution in [0.1, 0.15) is 41.6 Å². The summed E-state index contributed by atoms with van der Waals surface area (Å²) < 4.78 is 0. The monoisotopic (exact) mass is 274 g/mol. The van der Waals surface area contributed by atoms with E-state index >= 15 is 0 Å². The largest absolute Gasteiger partial charge is 0.478 e. The van der Waals surface area contributed by atoms with E-state index in [1.165, 1.54) is 31.9 Å². The van der Waals surface area contributed by atoms with Crippen LogP contribution in [0.2, 0.25) is 0 Å². The second-order valence-electron chi connectivity index (χ2n) is 6.49. The van der Waals surface area contributed by atoms with E-state index in [0.29, 0.717) is 0 Å². The molecule has 3 atom stereocenters. The van der Waals surface area contributed by atoms with Crippen molar-refractivity contribution < 1.29 is 9.90 Å². The van der Waals surface area contributed by atoms with Gasteiger partial charge < -0.3 is 10.0 Å². The Labute approximate surface area is 119 Å². The first-order chi connectivity index (χ1) is 9.54. The van der Waals surface area contributed by atoms with Crippen LogP contribution in [0.5, 0.6) is 0 Å². The average Bonchev–Trinajstić information content (AvgIpc) is 3.00. The molecule has 4 nitrogen and oxygen atoms in total. The highest BCUT2D eigenvalue weighted by Crippen LogP contribution is 2.48. The molecule has 3 unspecified atom stereocenters. The van der Waals surface area contributed by atoms with E-state index < -0.39 is 5.97 Å². The van der Waals surface area contributed by atoms with Crippen molar-refractivity contribution in [2.24, 2.45) is 17.8 Å². The highest BCUT2D eigenvalue weighted by molar-refractivity contribution is 5.87. The summed E-state index contributed by atoms with van der Waals surface area (Å²) in [6.07, 6.45) is 7.06. The molecular formula is C16H22N2O2. The van der Waals surface area contributed by atoms with Gasteiger partial charge in [0.1, 0.15) is 5.82 Å². The molecule has 2 saturated carbocycles. The van der Waals surface area contributed by atoms with Crippen LogP contribution in [-0.4, -0.2) is 29.7 Å². The van der Waals surface area contributed by atoms with Crippen LogP contribution in [0, 0.1) is 24.7 Å². The molecule has 1 aromatic heterocycles. The van der Waals surface area contributed by atoms with Gasteiger partial charge in [-0.3, -0.25) is 0 Å². The zero-order valence-corrected chi connectivity index (χ0v) is 12.2. The van der Waals surface area contributed by atoms with Crippen LogP contribution in [0.3, 0.4) is 0 Å². The normalized spacial score (nSPS) is 27.8. The number of anilines is 1. The lowest BCUT2D eigenvalue weighted by atomic mass is 9.88. The Hall–Kier alpha value is -1.58. The maximum absolute atomic E-state index is 10.9. The highest BCUT2D eigenvalue weighted by Gasteiger charge is 2.39. The fraction of sp³-hybridized carbons (Fsp3) is 0.625. The maximum Gasteiger partial charge on any atom is 0.337 e. The van der Waals surface area contributed by atoms with Gasteiger partial charge in [-0.25, -0.2) is 9.78 Å². The molecular weight excluding hydrogens is 252 g/mol. The predicted molar refractivity (Wildman–Crippen MR) is 78.1 cm³/mol. The first kappa shape index (κ1) is 13.4. The van der Waals surface area contributed by atoms with Crippen molar-refractivity contribution in [3.05, 3.63) is 23.4 Å². The van der Waals surface area contributed by atoms with Crippen LogP contribution in [0.25, 0.3) is 0 Å². The summed E-state index contributed by atoms with van der Waals surface area (Å²) in [7, 11) is 2.07. The first-order valence-electron chi connectivity index (χ1n) is 7.45. The van der Waals surface area contributed by atoms with E-state index in [0.717, 1.165) is 35.7 Å². The quantitative estimate of drug-likeness (QED) is 0.917. The number of carboxylic acid groups (broad SMARTS) is 1. The molecule has 0 saturated heterocycles. The van der Waals surface area contributed by atoms with Crippen molar-refractivity contribution in [2.45, 2.75) is 32.6 Å². The fourth-order valence-electron chi connectivity index (χ4n) is 4.12. The molecule has 108 valence electrons. The number of aryl methyl sites for hydroxylation is 1. The Kier molecular flexibility index (Phi) is 3.40. The molecule has 1 N–H and O–H groups in total. The second-order valence-corrected chi connectivity index (χ2v) is 6.49. The van der Waals surface area contributed by atoms with Gasteiger partial charge in [-0.2, -0.15) is 0 Å². The van der Waals surface area contributed by atoms with Gasteiger partial charge in [0.15, 0.2) is 0 Å². The third kappa shape index (κ3) is 2.39. The molecule has 2 fully saturated rings. The van der Waals surface area contributed by atoms with E-state index in [2.05, 4.69) is 16.9 Å². The lowest BCUT2D eigenvalue weighted by Crippen LogP contribution is -2.29. The van der Waals surface area contributed by atoms with E-state index in [-0.39, 0.29) is 5.56 Å². The zero-order valence-electron chi connectivity index (χ0n) is 12.2. The number of rotatable bonds is 4. The summed E-state index contributed by atoms with van der Waals surface area (Å²) >= 11 is 0. The van der Waals surface area contributed by atoms with Gasteiger partial charge in [-0.05, 0) is 55.6 Å². The summed E-state index contributed by atoms with van der Waals surface area (Å²) in [6, 6.07) is 1.71. The molecule has 0 amide bonds. The number of fused-ring (bicyclic) bond motifs is 2. The number of aromatic nitrogens is 1. The second kappa shape index (κ2) is 5.08. The maximum atomic E-state index is 10.9. The molecule has 2 aliphatic rings. The number of hydrogen-bond acceptors (Lipinski definition) is 3. The minimum atomic E-state index is -0.914. The Morgan fingerprint density at radius 3 is 2.80 bits per heavy atom. The van der Waals surface area contributed by atoms with E-state index in [9.17, 15) is 4.79 Å². The minimum Gasteiger partial charge on any atom is -0.478 e. The van der Waals surface area contributed by atoms with Crippen molar-refractivity contribution in [1.29, 1.82) is 0 Å². The number of nitrogens with zero attached hydrogens (tertiary/aromatic N) is 2. The van der Waals surface area contributed by atoms with Crippen LogP contribution in [0.4, 0.5) is 5.82 Å². The van der Waals surface area contributed by atoms with E-state index in [1.807, 2.05) is 6.92 Å². The Balaban J connectivity index is 1.71. The van der Waals surface area contributed by atoms with Crippen LogP contribution in [-0.2, 0) is 0 Å². The molecule has 0 aromatic carbocycles. The number of carboxylic acids is 1. The van der Waals surface area contributed by atoms with Crippen LogP contribution in [0.15, 0.2) is 12.3 Å². The molecule has 0 aliphatic heterocycles. The topological polar surface area (TPSA) is 53.4 Å². The molecule has 4 heteroatoms. The van der Waals surface area contributed by atoms with Gasteiger partial charge >= 0.3 is 5.97 Å². The van der Waals surface area contributed by atoms with E-state index in [1.54, 1.807) is 6.07 Å². The number of hydrogen-bond donors (Lipinski definition) is 1. The standard InChI is InChI=1S/C16H22N2O2/c1-10-5-13(16(19)20)8-17-15(10)18(2)9-14-7-11-3-4-12(14)6-11/h5,8,11-12,14H,3-4,6-7,9H2,1-2H3,(H,19,20). The fourth-order valence-corrected chi connectivity index (χ4v) is 4.12. The SMILES string of the molecule is Cc1cc(C(=O)O)cnc1N(C)CC1CC2CCC1C2. The average molecular weight is 274 g/mol. The number of pyridine rings is 1. The van der Waals surface area contributed by atoms with Crippen LogP contribution >= 0.6 is 0 Å². The van der Waals surface area contributed by atoms with Gasteiger partial charge in [0.25, 0.3) is 0 Å². The van der Waals surface area contributed by atoms with Gasteiger partial charge in [0, 0.05) is 19.8 Å². The van der Waals surface area contributed by atoms with Gasteiger partial charge in [-0.15, -0.1) is 0 Å². The Morgan fingerprint density at radius 1 is 1.45 bits per heavy atom. The third-order valence-corrected chi connectivity index (χ3v) is 5.05. The first-order valence-corrected chi connectivity index (χ1v) is 7.45. The van der Waals surface area contributed by atoms with E-state index in [4.69, 9.17) is 5.11 Å². The van der Waals surface area contributed by atoms with Crippen molar-refractivity contribution in [3.8, 4) is 0 Å². The zero-order chi connectivity index (χ0) is 14.3. The predicted octanol–water partition coefficient (Wildman–Crippen LogP) is 2.96. The molecule has 2 aliphatic carbocycles. The lowest BCUT2D eigenvalue weighted by molar-refractivity contribution is 0.0696. The summed E-state index contributed by atoms with van der Waals surface area (Å²) in [4.78, 5) is 17.5. The molecule has 1 aromatic rings. The molecule has 20 heavy (non-hydrogen) atoms.